The van der Waals surface area contributed by atoms with Crippen molar-refractivity contribution in [3.8, 4) is 11.5 Å². The van der Waals surface area contributed by atoms with Crippen LogP contribution in [0.2, 0.25) is 0 Å². The number of ether oxygens (including phenoxy) is 2. The van der Waals surface area contributed by atoms with Gasteiger partial charge in [-0.15, -0.1) is 12.4 Å². The van der Waals surface area contributed by atoms with Gasteiger partial charge in [0.15, 0.2) is 11.6 Å². The van der Waals surface area contributed by atoms with E-state index in [-0.39, 0.29) is 30.6 Å². The second kappa shape index (κ2) is 7.50. The van der Waals surface area contributed by atoms with Gasteiger partial charge in [0.25, 0.3) is 0 Å². The highest BCUT2D eigenvalue weighted by molar-refractivity contribution is 5.95. The summed E-state index contributed by atoms with van der Waals surface area (Å²) in [5.41, 5.74) is 6.53. The fraction of sp³-hybridized carbons (Fsp3) is 0.133. The highest BCUT2D eigenvalue weighted by atomic mass is 35.5. The van der Waals surface area contributed by atoms with Gasteiger partial charge in [-0.2, -0.15) is 0 Å². The molecule has 0 aliphatic heterocycles. The summed E-state index contributed by atoms with van der Waals surface area (Å²) in [5.74, 6) is 0.174. The van der Waals surface area contributed by atoms with Crippen LogP contribution in [-0.4, -0.2) is 12.9 Å². The molecule has 2 aromatic rings. The van der Waals surface area contributed by atoms with Gasteiger partial charge in [0.05, 0.1) is 7.11 Å². The normalized spacial score (nSPS) is 9.62. The maximum absolute atomic E-state index is 13.7. The molecule has 0 fully saturated rings. The molecular weight excluding hydrogens is 295 g/mol. The van der Waals surface area contributed by atoms with Crippen LogP contribution in [0.25, 0.3) is 0 Å². The highest BCUT2D eigenvalue weighted by Gasteiger charge is 2.06. The van der Waals surface area contributed by atoms with Crippen LogP contribution in [0.3, 0.4) is 0 Å². The molecule has 2 rings (SSSR count). The summed E-state index contributed by atoms with van der Waals surface area (Å²) in [5, 5.41) is 7.24. The van der Waals surface area contributed by atoms with Gasteiger partial charge in [0.1, 0.15) is 18.2 Å². The molecule has 0 aliphatic carbocycles. The molecule has 0 heterocycles. The number of benzene rings is 2. The number of amidine groups is 1. The number of nitrogens with one attached hydrogen (secondary N) is 1. The lowest BCUT2D eigenvalue weighted by Crippen LogP contribution is -2.11. The van der Waals surface area contributed by atoms with Crippen LogP contribution in [0.4, 0.5) is 4.39 Å². The maximum Gasteiger partial charge on any atom is 0.165 e. The largest absolute Gasteiger partial charge is 0.497 e. The maximum atomic E-state index is 13.7. The molecule has 0 bridgehead atoms. The van der Waals surface area contributed by atoms with Crippen LogP contribution in [0, 0.1) is 11.2 Å². The average Bonchev–Trinajstić information content (AvgIpc) is 2.46. The van der Waals surface area contributed by atoms with E-state index in [0.717, 1.165) is 11.3 Å². The molecule has 0 radical (unpaired) electrons. The minimum absolute atomic E-state index is 0. The molecule has 0 saturated heterocycles. The van der Waals surface area contributed by atoms with Crippen LogP contribution in [0.1, 0.15) is 11.1 Å². The Kier molecular flexibility index (Phi) is 5.99. The van der Waals surface area contributed by atoms with E-state index in [4.69, 9.17) is 20.6 Å². The second-order valence-electron chi connectivity index (χ2n) is 4.20. The molecular formula is C15H16ClFN2O2. The Balaban J connectivity index is 0.00000220. The van der Waals surface area contributed by atoms with Crippen molar-refractivity contribution >= 4 is 18.2 Å². The third-order valence-electron chi connectivity index (χ3n) is 2.80. The fourth-order valence-electron chi connectivity index (χ4n) is 1.67. The minimum atomic E-state index is -0.536. The molecule has 0 saturated carbocycles. The summed E-state index contributed by atoms with van der Waals surface area (Å²) in [4.78, 5) is 0. The Bertz CT molecular complexity index is 618. The van der Waals surface area contributed by atoms with Crippen LogP contribution in [0.5, 0.6) is 11.5 Å². The molecule has 0 atom stereocenters. The van der Waals surface area contributed by atoms with Crippen molar-refractivity contribution in [1.29, 1.82) is 5.41 Å². The van der Waals surface area contributed by atoms with E-state index in [1.807, 2.05) is 24.3 Å². The Morgan fingerprint density at radius 1 is 1.19 bits per heavy atom. The van der Waals surface area contributed by atoms with Gasteiger partial charge >= 0.3 is 0 Å². The predicted octanol–water partition coefficient (Wildman–Crippen LogP) is 3.12. The lowest BCUT2D eigenvalue weighted by Gasteiger charge is -2.09. The Morgan fingerprint density at radius 3 is 2.38 bits per heavy atom. The number of nitrogen functional groups attached to an aromatic ring is 1. The average molecular weight is 311 g/mol. The van der Waals surface area contributed by atoms with Gasteiger partial charge in [-0.3, -0.25) is 5.41 Å². The third-order valence-corrected chi connectivity index (χ3v) is 2.80. The number of nitrogens with two attached hydrogens (primary N) is 1. The molecule has 0 spiro atoms. The topological polar surface area (TPSA) is 68.3 Å². The van der Waals surface area contributed by atoms with Gasteiger partial charge in [-0.05, 0) is 35.9 Å². The van der Waals surface area contributed by atoms with Crippen molar-refractivity contribution in [2.75, 3.05) is 7.11 Å². The third kappa shape index (κ3) is 4.36. The standard InChI is InChI=1S/C15H15FN2O2.ClH/c1-19-12-5-2-10(3-6-12)9-20-14-7-4-11(15(17)18)8-13(14)16;/h2-8H,9H2,1H3,(H3,17,18);1H. The fourth-order valence-corrected chi connectivity index (χ4v) is 1.67. The van der Waals surface area contributed by atoms with Gasteiger partial charge in [0.2, 0.25) is 0 Å². The van der Waals surface area contributed by atoms with Gasteiger partial charge < -0.3 is 15.2 Å². The first-order chi connectivity index (χ1) is 9.60. The first kappa shape index (κ1) is 16.8. The smallest absolute Gasteiger partial charge is 0.165 e. The number of hydrogen-bond donors (Lipinski definition) is 2. The van der Waals surface area contributed by atoms with Gasteiger partial charge in [-0.25, -0.2) is 4.39 Å². The summed E-state index contributed by atoms with van der Waals surface area (Å²) in [7, 11) is 1.59. The summed E-state index contributed by atoms with van der Waals surface area (Å²) in [6, 6.07) is 11.5. The predicted molar refractivity (Wildman–Crippen MR) is 82.0 cm³/mol. The van der Waals surface area contributed by atoms with Crippen molar-refractivity contribution in [3.63, 3.8) is 0 Å². The summed E-state index contributed by atoms with van der Waals surface area (Å²) >= 11 is 0. The summed E-state index contributed by atoms with van der Waals surface area (Å²) < 4.78 is 24.2. The molecule has 2 aromatic carbocycles. The molecule has 0 aromatic heterocycles. The van der Waals surface area contributed by atoms with Crippen LogP contribution in [-0.2, 0) is 6.61 Å². The first-order valence-electron chi connectivity index (χ1n) is 6.00. The SMILES string of the molecule is COc1ccc(COc2ccc(C(=N)N)cc2F)cc1.Cl. The molecule has 4 nitrogen and oxygen atoms in total. The second-order valence-corrected chi connectivity index (χ2v) is 4.20. The molecule has 0 amide bonds. The van der Waals surface area contributed by atoms with Crippen molar-refractivity contribution < 1.29 is 13.9 Å². The number of hydrogen-bond acceptors (Lipinski definition) is 3. The summed E-state index contributed by atoms with van der Waals surface area (Å²) in [6.45, 7) is 0.250. The number of rotatable bonds is 5. The highest BCUT2D eigenvalue weighted by Crippen LogP contribution is 2.20. The van der Waals surface area contributed by atoms with E-state index >= 15 is 0 Å². The molecule has 0 unspecified atom stereocenters. The van der Waals surface area contributed by atoms with E-state index in [9.17, 15) is 4.39 Å². The van der Waals surface area contributed by atoms with Crippen molar-refractivity contribution in [2.24, 2.45) is 5.73 Å². The molecule has 21 heavy (non-hydrogen) atoms. The molecule has 6 heteroatoms. The lowest BCUT2D eigenvalue weighted by molar-refractivity contribution is 0.290. The summed E-state index contributed by atoms with van der Waals surface area (Å²) in [6.07, 6.45) is 0. The zero-order chi connectivity index (χ0) is 14.5. The molecule has 112 valence electrons. The first-order valence-corrected chi connectivity index (χ1v) is 6.00. The van der Waals surface area contributed by atoms with E-state index < -0.39 is 5.82 Å². The van der Waals surface area contributed by atoms with E-state index in [1.54, 1.807) is 13.2 Å². The van der Waals surface area contributed by atoms with E-state index in [0.29, 0.717) is 5.56 Å². The Hall–Kier alpha value is -2.27. The zero-order valence-electron chi connectivity index (χ0n) is 11.4. The minimum Gasteiger partial charge on any atom is -0.497 e. The zero-order valence-corrected chi connectivity index (χ0v) is 12.2. The monoisotopic (exact) mass is 310 g/mol. The Morgan fingerprint density at radius 2 is 1.86 bits per heavy atom. The van der Waals surface area contributed by atoms with Crippen molar-refractivity contribution in [1.82, 2.24) is 0 Å². The van der Waals surface area contributed by atoms with E-state index in [1.165, 1.54) is 12.1 Å². The molecule has 3 N–H and O–H groups in total. The van der Waals surface area contributed by atoms with Crippen LogP contribution in [0.15, 0.2) is 42.5 Å². The number of halogens is 2. The quantitative estimate of drug-likeness (QED) is 0.658. The van der Waals surface area contributed by atoms with Gasteiger partial charge in [0, 0.05) is 5.56 Å². The van der Waals surface area contributed by atoms with Gasteiger partial charge in [-0.1, -0.05) is 12.1 Å². The van der Waals surface area contributed by atoms with Crippen LogP contribution >= 0.6 is 12.4 Å². The Labute approximate surface area is 128 Å². The molecule has 0 aliphatic rings. The van der Waals surface area contributed by atoms with E-state index in [2.05, 4.69) is 0 Å². The lowest BCUT2D eigenvalue weighted by atomic mass is 10.2. The van der Waals surface area contributed by atoms with Crippen molar-refractivity contribution in [2.45, 2.75) is 6.61 Å². The van der Waals surface area contributed by atoms with Crippen LogP contribution < -0.4 is 15.2 Å². The number of methoxy groups -OCH3 is 1. The van der Waals surface area contributed by atoms with Crippen molar-refractivity contribution in [3.05, 3.63) is 59.4 Å².